The summed E-state index contributed by atoms with van der Waals surface area (Å²) in [5.41, 5.74) is 4.26. The zero-order valence-corrected chi connectivity index (χ0v) is 18.1. The number of benzene rings is 2. The molecule has 2 heterocycles. The molecule has 29 heavy (non-hydrogen) atoms. The van der Waals surface area contributed by atoms with Gasteiger partial charge in [0.05, 0.1) is 11.9 Å². The van der Waals surface area contributed by atoms with Gasteiger partial charge in [0.1, 0.15) is 10.7 Å². The quantitative estimate of drug-likeness (QED) is 0.428. The van der Waals surface area contributed by atoms with Gasteiger partial charge in [0.2, 0.25) is 0 Å². The van der Waals surface area contributed by atoms with E-state index in [9.17, 15) is 4.79 Å². The molecule has 0 bridgehead atoms. The van der Waals surface area contributed by atoms with Crippen molar-refractivity contribution in [1.29, 1.82) is 0 Å². The third-order valence-electron chi connectivity index (χ3n) is 5.07. The van der Waals surface area contributed by atoms with Crippen molar-refractivity contribution < 1.29 is 0 Å². The van der Waals surface area contributed by atoms with E-state index in [2.05, 4.69) is 48.4 Å². The fourth-order valence-electron chi connectivity index (χ4n) is 3.43. The molecular weight excluding hydrogens is 402 g/mol. The molecule has 0 fully saturated rings. The summed E-state index contributed by atoms with van der Waals surface area (Å²) in [5, 5.41) is 4.80. The largest absolute Gasteiger partial charge is 0.309 e. The molecule has 1 atom stereocenters. The molecule has 2 aromatic carbocycles. The average molecular weight is 424 g/mol. The van der Waals surface area contributed by atoms with Gasteiger partial charge in [0, 0.05) is 21.5 Å². The van der Waals surface area contributed by atoms with E-state index in [4.69, 9.17) is 16.6 Å². The lowest BCUT2D eigenvalue weighted by Crippen LogP contribution is -2.22. The first-order chi connectivity index (χ1) is 13.9. The third kappa shape index (κ3) is 4.13. The molecule has 0 aliphatic rings. The second-order valence-electron chi connectivity index (χ2n) is 7.25. The number of rotatable bonds is 5. The summed E-state index contributed by atoms with van der Waals surface area (Å²) in [6, 6.07) is 16.1. The Balaban J connectivity index is 1.62. The van der Waals surface area contributed by atoms with Gasteiger partial charge in [-0.05, 0) is 44.0 Å². The first-order valence-corrected chi connectivity index (χ1v) is 10.7. The standard InChI is InChI=1S/C23H22ClN3OS/c1-13-4-6-17(7-5-13)20-15(3)29-23-21(20)22(28)26-19(27-23)12-25-14(2)16-8-10-18(24)11-9-16/h4-11,14,25H,12H2,1-3H3,(H,26,27,28). The number of aromatic amines is 1. The second kappa shape index (κ2) is 8.11. The van der Waals surface area contributed by atoms with Gasteiger partial charge in [0.15, 0.2) is 0 Å². The molecule has 1 unspecified atom stereocenters. The molecule has 0 saturated heterocycles. The lowest BCUT2D eigenvalue weighted by Gasteiger charge is -2.14. The van der Waals surface area contributed by atoms with Gasteiger partial charge in [0.25, 0.3) is 5.56 Å². The van der Waals surface area contributed by atoms with Gasteiger partial charge >= 0.3 is 0 Å². The minimum absolute atomic E-state index is 0.0918. The number of nitrogens with zero attached hydrogens (tertiary/aromatic N) is 1. The molecule has 4 aromatic rings. The van der Waals surface area contributed by atoms with Crippen LogP contribution in [0.3, 0.4) is 0 Å². The van der Waals surface area contributed by atoms with Crippen molar-refractivity contribution in [3.8, 4) is 11.1 Å². The minimum Gasteiger partial charge on any atom is -0.309 e. The van der Waals surface area contributed by atoms with E-state index in [1.54, 1.807) is 11.3 Å². The molecule has 4 rings (SSSR count). The van der Waals surface area contributed by atoms with Gasteiger partial charge < -0.3 is 10.3 Å². The molecule has 0 radical (unpaired) electrons. The number of aromatic nitrogens is 2. The average Bonchev–Trinajstić information content (AvgIpc) is 3.03. The first kappa shape index (κ1) is 19.8. The predicted molar refractivity (Wildman–Crippen MR) is 122 cm³/mol. The highest BCUT2D eigenvalue weighted by Gasteiger charge is 2.17. The van der Waals surface area contributed by atoms with Gasteiger partial charge in [-0.25, -0.2) is 4.98 Å². The van der Waals surface area contributed by atoms with Gasteiger partial charge in [-0.3, -0.25) is 4.79 Å². The van der Waals surface area contributed by atoms with Crippen LogP contribution in [0.2, 0.25) is 5.02 Å². The Kier molecular flexibility index (Phi) is 5.54. The summed E-state index contributed by atoms with van der Waals surface area (Å²) < 4.78 is 0. The van der Waals surface area contributed by atoms with E-state index in [-0.39, 0.29) is 11.6 Å². The van der Waals surface area contributed by atoms with E-state index in [1.807, 2.05) is 31.2 Å². The molecular formula is C23H22ClN3OS. The third-order valence-corrected chi connectivity index (χ3v) is 6.32. The summed E-state index contributed by atoms with van der Waals surface area (Å²) in [5.74, 6) is 0.639. The van der Waals surface area contributed by atoms with Crippen LogP contribution in [0, 0.1) is 13.8 Å². The Morgan fingerprint density at radius 3 is 2.48 bits per heavy atom. The van der Waals surface area contributed by atoms with Crippen molar-refractivity contribution in [2.45, 2.75) is 33.4 Å². The molecule has 148 valence electrons. The minimum atomic E-state index is -0.0918. The van der Waals surface area contributed by atoms with Crippen LogP contribution in [0.4, 0.5) is 0 Å². The number of nitrogens with one attached hydrogen (secondary N) is 2. The van der Waals surface area contributed by atoms with Gasteiger partial charge in [-0.2, -0.15) is 0 Å². The van der Waals surface area contributed by atoms with Crippen molar-refractivity contribution in [3.63, 3.8) is 0 Å². The van der Waals surface area contributed by atoms with E-state index in [1.165, 1.54) is 5.56 Å². The van der Waals surface area contributed by atoms with Crippen LogP contribution in [0.5, 0.6) is 0 Å². The molecule has 6 heteroatoms. The summed E-state index contributed by atoms with van der Waals surface area (Å²) in [6.07, 6.45) is 0. The van der Waals surface area contributed by atoms with E-state index >= 15 is 0 Å². The fraction of sp³-hybridized carbons (Fsp3) is 0.217. The van der Waals surface area contributed by atoms with Crippen LogP contribution in [0.15, 0.2) is 53.3 Å². The van der Waals surface area contributed by atoms with Crippen LogP contribution in [-0.4, -0.2) is 9.97 Å². The summed E-state index contributed by atoms with van der Waals surface area (Å²) in [6.45, 7) is 6.65. The lowest BCUT2D eigenvalue weighted by molar-refractivity contribution is 0.559. The molecule has 0 saturated carbocycles. The number of H-pyrrole nitrogens is 1. The monoisotopic (exact) mass is 423 g/mol. The first-order valence-electron chi connectivity index (χ1n) is 9.50. The number of hydrogen-bond acceptors (Lipinski definition) is 4. The maximum absolute atomic E-state index is 12.9. The summed E-state index contributed by atoms with van der Waals surface area (Å²) in [4.78, 5) is 22.4. The molecule has 2 N–H and O–H groups in total. The highest BCUT2D eigenvalue weighted by atomic mass is 35.5. The topological polar surface area (TPSA) is 57.8 Å². The highest BCUT2D eigenvalue weighted by Crippen LogP contribution is 2.35. The van der Waals surface area contributed by atoms with Crippen LogP contribution in [0.1, 0.15) is 34.8 Å². The highest BCUT2D eigenvalue weighted by molar-refractivity contribution is 7.19. The molecule has 2 aromatic heterocycles. The molecule has 0 spiro atoms. The molecule has 0 aliphatic carbocycles. The lowest BCUT2D eigenvalue weighted by atomic mass is 10.0. The molecule has 0 aliphatic heterocycles. The Hall–Kier alpha value is -2.47. The number of halogens is 1. The SMILES string of the molecule is Cc1ccc(-c2c(C)sc3nc(CNC(C)c4ccc(Cl)cc4)[nH]c(=O)c23)cc1. The zero-order valence-electron chi connectivity index (χ0n) is 16.5. The van der Waals surface area contributed by atoms with Gasteiger partial charge in [-0.1, -0.05) is 53.6 Å². The van der Waals surface area contributed by atoms with Crippen LogP contribution < -0.4 is 10.9 Å². The fourth-order valence-corrected chi connectivity index (χ4v) is 4.62. The Morgan fingerprint density at radius 1 is 1.10 bits per heavy atom. The smallest absolute Gasteiger partial charge is 0.260 e. The van der Waals surface area contributed by atoms with E-state index in [0.717, 1.165) is 31.4 Å². The van der Waals surface area contributed by atoms with E-state index < -0.39 is 0 Å². The Morgan fingerprint density at radius 2 is 1.79 bits per heavy atom. The van der Waals surface area contributed by atoms with Crippen molar-refractivity contribution in [2.24, 2.45) is 0 Å². The van der Waals surface area contributed by atoms with Crippen LogP contribution >= 0.6 is 22.9 Å². The maximum Gasteiger partial charge on any atom is 0.260 e. The Labute approximate surface area is 178 Å². The van der Waals surface area contributed by atoms with Crippen molar-refractivity contribution in [2.75, 3.05) is 0 Å². The van der Waals surface area contributed by atoms with E-state index in [0.29, 0.717) is 17.8 Å². The van der Waals surface area contributed by atoms with Crippen LogP contribution in [0.25, 0.3) is 21.3 Å². The zero-order chi connectivity index (χ0) is 20.5. The predicted octanol–water partition coefficient (Wildman–Crippen LogP) is 5.77. The summed E-state index contributed by atoms with van der Waals surface area (Å²) >= 11 is 7.52. The second-order valence-corrected chi connectivity index (χ2v) is 8.89. The summed E-state index contributed by atoms with van der Waals surface area (Å²) in [7, 11) is 0. The van der Waals surface area contributed by atoms with Crippen molar-refractivity contribution in [1.82, 2.24) is 15.3 Å². The Bertz CT molecular complexity index is 1210. The number of thiophene rings is 1. The van der Waals surface area contributed by atoms with Gasteiger partial charge in [-0.15, -0.1) is 11.3 Å². The van der Waals surface area contributed by atoms with Crippen molar-refractivity contribution in [3.05, 3.63) is 85.7 Å². The van der Waals surface area contributed by atoms with Crippen LogP contribution in [-0.2, 0) is 6.54 Å². The van der Waals surface area contributed by atoms with Crippen molar-refractivity contribution >= 4 is 33.2 Å². The normalized spacial score (nSPS) is 12.4. The number of fused-ring (bicyclic) bond motifs is 1. The number of hydrogen-bond donors (Lipinski definition) is 2. The maximum atomic E-state index is 12.9. The molecule has 0 amide bonds. The number of aryl methyl sites for hydroxylation is 2. The molecule has 4 nitrogen and oxygen atoms in total.